The summed E-state index contributed by atoms with van der Waals surface area (Å²) in [7, 11) is 0. The van der Waals surface area contributed by atoms with Crippen LogP contribution in [-0.2, 0) is 6.42 Å². The maximum Gasteiger partial charge on any atom is 0.138 e. The Kier molecular flexibility index (Phi) is 11.8. The Hall–Kier alpha value is -0.890. The van der Waals surface area contributed by atoms with Gasteiger partial charge in [0, 0.05) is 0 Å². The predicted octanol–water partition coefficient (Wildman–Crippen LogP) is 7.38. The molecule has 0 fully saturated rings. The van der Waals surface area contributed by atoms with Crippen LogP contribution in [0.3, 0.4) is 0 Å². The average Bonchev–Trinajstić information content (AvgIpc) is 2.56. The van der Waals surface area contributed by atoms with Gasteiger partial charge >= 0.3 is 0 Å². The van der Waals surface area contributed by atoms with E-state index in [1.807, 2.05) is 0 Å². The van der Waals surface area contributed by atoms with Gasteiger partial charge < -0.3 is 10.2 Å². The Morgan fingerprint density at radius 3 is 1.46 bits per heavy atom. The summed E-state index contributed by atoms with van der Waals surface area (Å²) in [6.07, 6.45) is 18.3. The molecule has 0 spiro atoms. The highest BCUT2D eigenvalue weighted by molar-refractivity contribution is 6.33. The molecule has 0 atom stereocenters. The zero-order valence-corrected chi connectivity index (χ0v) is 16.1. The number of aromatic hydroxyl groups is 2. The lowest BCUT2D eigenvalue weighted by Gasteiger charge is -2.06. The number of hydrogen-bond donors (Lipinski definition) is 2. The fourth-order valence-electron chi connectivity index (χ4n) is 3.14. The van der Waals surface area contributed by atoms with E-state index in [9.17, 15) is 10.2 Å². The molecule has 2 N–H and O–H groups in total. The van der Waals surface area contributed by atoms with Crippen LogP contribution in [0, 0.1) is 0 Å². The maximum absolute atomic E-state index is 9.59. The third-order valence-electron chi connectivity index (χ3n) is 4.66. The van der Waals surface area contributed by atoms with Gasteiger partial charge in [0.15, 0.2) is 0 Å². The number of phenolic OH excluding ortho intramolecular Hbond substituents is 2. The molecule has 0 amide bonds. The molecule has 0 bridgehead atoms. The lowest BCUT2D eigenvalue weighted by Crippen LogP contribution is -1.87. The average molecular weight is 355 g/mol. The summed E-state index contributed by atoms with van der Waals surface area (Å²) in [5, 5.41) is 19.2. The first-order valence-electron chi connectivity index (χ1n) is 9.85. The highest BCUT2D eigenvalue weighted by Crippen LogP contribution is 2.34. The van der Waals surface area contributed by atoms with Crippen LogP contribution in [0.4, 0.5) is 0 Å². The van der Waals surface area contributed by atoms with Gasteiger partial charge in [-0.3, -0.25) is 0 Å². The summed E-state index contributed by atoms with van der Waals surface area (Å²) in [5.41, 5.74) is 0.956. The molecule has 0 heterocycles. The molecular weight excluding hydrogens is 320 g/mol. The van der Waals surface area contributed by atoms with Gasteiger partial charge in [-0.2, -0.15) is 0 Å². The molecule has 3 heteroatoms. The zero-order valence-electron chi connectivity index (χ0n) is 15.3. The fraction of sp³-hybridized carbons (Fsp3) is 0.714. The van der Waals surface area contributed by atoms with E-state index in [0.29, 0.717) is 0 Å². The molecule has 24 heavy (non-hydrogen) atoms. The Morgan fingerprint density at radius 2 is 1.04 bits per heavy atom. The summed E-state index contributed by atoms with van der Waals surface area (Å²) in [4.78, 5) is 0. The second-order valence-corrected chi connectivity index (χ2v) is 7.32. The van der Waals surface area contributed by atoms with Gasteiger partial charge in [-0.25, -0.2) is 0 Å². The molecule has 0 aliphatic carbocycles. The van der Waals surface area contributed by atoms with E-state index in [-0.39, 0.29) is 16.5 Å². The first kappa shape index (κ1) is 21.2. The molecule has 1 aromatic carbocycles. The minimum absolute atomic E-state index is 0.0265. The van der Waals surface area contributed by atoms with E-state index in [0.717, 1.165) is 18.4 Å². The largest absolute Gasteiger partial charge is 0.506 e. The van der Waals surface area contributed by atoms with Crippen molar-refractivity contribution in [1.82, 2.24) is 0 Å². The van der Waals surface area contributed by atoms with Gasteiger partial charge in [-0.1, -0.05) is 95.6 Å². The monoisotopic (exact) mass is 354 g/mol. The number of unbranched alkanes of at least 4 members (excludes halogenated alkanes) is 12. The van der Waals surface area contributed by atoms with Crippen LogP contribution in [0.15, 0.2) is 12.1 Å². The van der Waals surface area contributed by atoms with E-state index in [1.54, 1.807) is 12.1 Å². The summed E-state index contributed by atoms with van der Waals surface area (Å²) < 4.78 is 0. The Bertz CT molecular complexity index is 422. The standard InChI is InChI=1S/C21H35ClO2/c1-2-3-4-5-6-7-8-9-10-11-12-13-14-15-18-16-19(23)21(22)20(24)17-18/h16-17,23-24H,2-15H2,1H3. The number of halogens is 1. The summed E-state index contributed by atoms with van der Waals surface area (Å²) >= 11 is 5.74. The Labute approximate surface area is 153 Å². The van der Waals surface area contributed by atoms with Gasteiger partial charge in [-0.05, 0) is 30.5 Å². The van der Waals surface area contributed by atoms with E-state index < -0.39 is 0 Å². The minimum Gasteiger partial charge on any atom is -0.506 e. The highest BCUT2D eigenvalue weighted by Gasteiger charge is 2.06. The summed E-state index contributed by atoms with van der Waals surface area (Å²) in [6.45, 7) is 2.27. The van der Waals surface area contributed by atoms with Crippen LogP contribution in [0.25, 0.3) is 0 Å². The number of hydrogen-bond acceptors (Lipinski definition) is 2. The Balaban J connectivity index is 1.92. The van der Waals surface area contributed by atoms with Gasteiger partial charge in [0.1, 0.15) is 16.5 Å². The topological polar surface area (TPSA) is 40.5 Å². The van der Waals surface area contributed by atoms with Crippen molar-refractivity contribution < 1.29 is 10.2 Å². The molecule has 138 valence electrons. The molecular formula is C21H35ClO2. The van der Waals surface area contributed by atoms with Crippen LogP contribution in [0.5, 0.6) is 11.5 Å². The van der Waals surface area contributed by atoms with Crippen LogP contribution < -0.4 is 0 Å². The van der Waals surface area contributed by atoms with Crippen molar-refractivity contribution in [1.29, 1.82) is 0 Å². The zero-order chi connectivity index (χ0) is 17.6. The van der Waals surface area contributed by atoms with Crippen LogP contribution in [0.2, 0.25) is 5.02 Å². The lowest BCUT2D eigenvalue weighted by atomic mass is 10.0. The predicted molar refractivity (Wildman–Crippen MR) is 104 cm³/mol. The van der Waals surface area contributed by atoms with Gasteiger partial charge in [0.05, 0.1) is 0 Å². The summed E-state index contributed by atoms with van der Waals surface area (Å²) in [6, 6.07) is 3.31. The molecule has 0 aliphatic heterocycles. The van der Waals surface area contributed by atoms with Crippen LogP contribution >= 0.6 is 11.6 Å². The minimum atomic E-state index is -0.0265. The van der Waals surface area contributed by atoms with Crippen molar-refractivity contribution in [2.24, 2.45) is 0 Å². The van der Waals surface area contributed by atoms with Crippen molar-refractivity contribution in [3.05, 3.63) is 22.7 Å². The van der Waals surface area contributed by atoms with Gasteiger partial charge in [-0.15, -0.1) is 0 Å². The van der Waals surface area contributed by atoms with Gasteiger partial charge in [0.25, 0.3) is 0 Å². The molecule has 0 saturated carbocycles. The number of phenols is 2. The smallest absolute Gasteiger partial charge is 0.138 e. The molecule has 0 aliphatic rings. The van der Waals surface area contributed by atoms with E-state index in [4.69, 9.17) is 11.6 Å². The first-order valence-corrected chi connectivity index (χ1v) is 10.2. The number of rotatable bonds is 14. The van der Waals surface area contributed by atoms with Crippen molar-refractivity contribution in [3.8, 4) is 11.5 Å². The lowest BCUT2D eigenvalue weighted by molar-refractivity contribution is 0.449. The molecule has 1 aromatic rings. The normalized spacial score (nSPS) is 11.1. The quantitative estimate of drug-likeness (QED) is 0.342. The fourth-order valence-corrected chi connectivity index (χ4v) is 3.25. The van der Waals surface area contributed by atoms with E-state index >= 15 is 0 Å². The van der Waals surface area contributed by atoms with Gasteiger partial charge in [0.2, 0.25) is 0 Å². The van der Waals surface area contributed by atoms with E-state index in [2.05, 4.69) is 6.92 Å². The SMILES string of the molecule is CCCCCCCCCCCCCCCc1cc(O)c(Cl)c(O)c1. The van der Waals surface area contributed by atoms with Crippen molar-refractivity contribution in [2.75, 3.05) is 0 Å². The molecule has 0 unspecified atom stereocenters. The Morgan fingerprint density at radius 1 is 0.667 bits per heavy atom. The van der Waals surface area contributed by atoms with E-state index in [1.165, 1.54) is 77.0 Å². The molecule has 0 aromatic heterocycles. The second kappa shape index (κ2) is 13.4. The van der Waals surface area contributed by atoms with Crippen LogP contribution in [-0.4, -0.2) is 10.2 Å². The summed E-state index contributed by atoms with van der Waals surface area (Å²) in [5.74, 6) is -0.0530. The second-order valence-electron chi connectivity index (χ2n) is 6.94. The van der Waals surface area contributed by atoms with Crippen molar-refractivity contribution in [2.45, 2.75) is 96.8 Å². The maximum atomic E-state index is 9.59. The third-order valence-corrected chi connectivity index (χ3v) is 5.05. The van der Waals surface area contributed by atoms with Crippen molar-refractivity contribution >= 4 is 11.6 Å². The number of benzene rings is 1. The first-order chi connectivity index (χ1) is 11.6. The van der Waals surface area contributed by atoms with Crippen molar-refractivity contribution in [3.63, 3.8) is 0 Å². The molecule has 2 nitrogen and oxygen atoms in total. The molecule has 0 radical (unpaired) electrons. The van der Waals surface area contributed by atoms with Crippen LogP contribution in [0.1, 0.15) is 96.0 Å². The third kappa shape index (κ3) is 9.42. The molecule has 0 saturated heterocycles. The molecule has 1 rings (SSSR count). The highest BCUT2D eigenvalue weighted by atomic mass is 35.5. The number of aryl methyl sites for hydroxylation is 1.